The molecule has 3 N–H and O–H groups in total. The van der Waals surface area contributed by atoms with Crippen molar-refractivity contribution in [3.05, 3.63) is 36.2 Å². The van der Waals surface area contributed by atoms with Crippen LogP contribution in [-0.4, -0.2) is 22.2 Å². The Balaban J connectivity index is 1.74. The summed E-state index contributed by atoms with van der Waals surface area (Å²) >= 11 is 0. The van der Waals surface area contributed by atoms with E-state index in [4.69, 9.17) is 4.74 Å². The maximum Gasteiger partial charge on any atom is 0.265 e. The molecule has 1 amide bonds. The van der Waals surface area contributed by atoms with E-state index in [1.54, 1.807) is 13.1 Å². The molecule has 2 heterocycles. The fourth-order valence-corrected chi connectivity index (χ4v) is 1.90. The number of anilines is 2. The molecule has 0 saturated carbocycles. The highest BCUT2D eigenvalue weighted by Crippen LogP contribution is 2.32. The van der Waals surface area contributed by atoms with Gasteiger partial charge in [-0.25, -0.2) is 0 Å². The molecule has 1 atom stereocenters. The molecule has 0 saturated heterocycles. The number of hydrogen-bond acceptors (Lipinski definition) is 4. The van der Waals surface area contributed by atoms with Crippen LogP contribution in [0, 0.1) is 0 Å². The van der Waals surface area contributed by atoms with E-state index in [0.717, 1.165) is 11.4 Å². The molecule has 1 aliphatic rings. The molecule has 6 heteroatoms. The molecule has 98 valence electrons. The maximum absolute atomic E-state index is 11.5. The smallest absolute Gasteiger partial charge is 0.265 e. The van der Waals surface area contributed by atoms with Gasteiger partial charge in [-0.2, -0.15) is 5.10 Å². The van der Waals surface area contributed by atoms with E-state index in [0.29, 0.717) is 18.0 Å². The number of ether oxygens (including phenoxy) is 1. The normalized spacial score (nSPS) is 17.3. The fourth-order valence-electron chi connectivity index (χ4n) is 1.90. The molecule has 19 heavy (non-hydrogen) atoms. The van der Waals surface area contributed by atoms with Crippen molar-refractivity contribution in [3.63, 3.8) is 0 Å². The van der Waals surface area contributed by atoms with Crippen molar-refractivity contribution in [3.8, 4) is 5.75 Å². The third kappa shape index (κ3) is 2.37. The van der Waals surface area contributed by atoms with Crippen LogP contribution in [0.4, 0.5) is 11.4 Å². The Hall–Kier alpha value is -2.50. The highest BCUT2D eigenvalue weighted by Gasteiger charge is 2.23. The van der Waals surface area contributed by atoms with Gasteiger partial charge in [-0.3, -0.25) is 9.89 Å². The fraction of sp³-hybridized carbons (Fsp3) is 0.231. The van der Waals surface area contributed by atoms with Crippen molar-refractivity contribution < 1.29 is 9.53 Å². The zero-order valence-corrected chi connectivity index (χ0v) is 10.4. The first-order chi connectivity index (χ1) is 9.22. The van der Waals surface area contributed by atoms with Gasteiger partial charge in [0, 0.05) is 11.9 Å². The molecular formula is C13H14N4O2. The first kappa shape index (κ1) is 11.6. The van der Waals surface area contributed by atoms with Crippen molar-refractivity contribution >= 4 is 17.3 Å². The van der Waals surface area contributed by atoms with E-state index >= 15 is 0 Å². The predicted octanol–water partition coefficient (Wildman–Crippen LogP) is 1.74. The number of benzene rings is 1. The minimum atomic E-state index is -0.448. The summed E-state index contributed by atoms with van der Waals surface area (Å²) in [5.74, 6) is 0.567. The van der Waals surface area contributed by atoms with Gasteiger partial charge >= 0.3 is 0 Å². The van der Waals surface area contributed by atoms with Gasteiger partial charge in [-0.05, 0) is 31.2 Å². The van der Waals surface area contributed by atoms with Crippen LogP contribution in [-0.2, 0) is 11.3 Å². The quantitative estimate of drug-likeness (QED) is 0.783. The Bertz CT molecular complexity index is 595. The van der Waals surface area contributed by atoms with E-state index in [9.17, 15) is 4.79 Å². The van der Waals surface area contributed by atoms with Gasteiger partial charge in [0.15, 0.2) is 6.10 Å². The van der Waals surface area contributed by atoms with Crippen LogP contribution in [0.15, 0.2) is 30.5 Å². The van der Waals surface area contributed by atoms with Crippen LogP contribution in [0.3, 0.4) is 0 Å². The topological polar surface area (TPSA) is 79.0 Å². The van der Waals surface area contributed by atoms with E-state index < -0.39 is 6.10 Å². The summed E-state index contributed by atoms with van der Waals surface area (Å²) in [4.78, 5) is 11.5. The number of carbonyl (C=O) groups excluding carboxylic acids is 1. The number of rotatable bonds is 3. The monoisotopic (exact) mass is 258 g/mol. The Labute approximate surface area is 110 Å². The van der Waals surface area contributed by atoms with Crippen LogP contribution in [0.5, 0.6) is 5.75 Å². The van der Waals surface area contributed by atoms with E-state index in [2.05, 4.69) is 20.8 Å². The minimum absolute atomic E-state index is 0.127. The molecule has 0 bridgehead atoms. The third-order valence-electron chi connectivity index (χ3n) is 2.95. The van der Waals surface area contributed by atoms with Gasteiger partial charge in [-0.15, -0.1) is 0 Å². The molecule has 0 spiro atoms. The number of fused-ring (bicyclic) bond motifs is 1. The molecule has 6 nitrogen and oxygen atoms in total. The number of amides is 1. The van der Waals surface area contributed by atoms with Crippen molar-refractivity contribution in [1.29, 1.82) is 0 Å². The van der Waals surface area contributed by atoms with Crippen LogP contribution in [0.1, 0.15) is 12.6 Å². The number of nitrogens with zero attached hydrogens (tertiary/aromatic N) is 1. The number of H-pyrrole nitrogens is 1. The predicted molar refractivity (Wildman–Crippen MR) is 71.1 cm³/mol. The first-order valence-corrected chi connectivity index (χ1v) is 6.06. The largest absolute Gasteiger partial charge is 0.479 e. The van der Waals surface area contributed by atoms with Crippen LogP contribution >= 0.6 is 0 Å². The Morgan fingerprint density at radius 1 is 1.42 bits per heavy atom. The number of aromatic amines is 1. The summed E-state index contributed by atoms with van der Waals surface area (Å²) in [6.07, 6.45) is 1.26. The lowest BCUT2D eigenvalue weighted by Crippen LogP contribution is -2.34. The minimum Gasteiger partial charge on any atom is -0.479 e. The number of hydrogen-bond donors (Lipinski definition) is 3. The summed E-state index contributed by atoms with van der Waals surface area (Å²) in [6.45, 7) is 2.37. The Morgan fingerprint density at radius 3 is 3.11 bits per heavy atom. The molecule has 1 aliphatic heterocycles. The number of nitrogens with one attached hydrogen (secondary N) is 3. The van der Waals surface area contributed by atoms with Gasteiger partial charge in [0.2, 0.25) is 0 Å². The third-order valence-corrected chi connectivity index (χ3v) is 2.95. The van der Waals surface area contributed by atoms with Crippen molar-refractivity contribution in [2.75, 3.05) is 10.6 Å². The van der Waals surface area contributed by atoms with Gasteiger partial charge in [0.05, 0.1) is 17.9 Å². The average Bonchev–Trinajstić information content (AvgIpc) is 2.91. The first-order valence-electron chi connectivity index (χ1n) is 6.06. The standard InChI is InChI=1S/C13H14N4O2/c1-8-13(18)16-11-6-9(2-3-12(11)19-8)14-7-10-4-5-15-17-10/h2-6,8,14H,7H2,1H3,(H,15,17)(H,16,18). The highest BCUT2D eigenvalue weighted by molar-refractivity contribution is 5.98. The Kier molecular flexibility index (Phi) is 2.83. The van der Waals surface area contributed by atoms with Crippen LogP contribution in [0.25, 0.3) is 0 Å². The second kappa shape index (κ2) is 4.64. The number of aromatic nitrogens is 2. The van der Waals surface area contributed by atoms with Gasteiger partial charge in [-0.1, -0.05) is 0 Å². The van der Waals surface area contributed by atoms with Gasteiger partial charge in [0.25, 0.3) is 5.91 Å². The molecular weight excluding hydrogens is 244 g/mol. The lowest BCUT2D eigenvalue weighted by Gasteiger charge is -2.23. The van der Waals surface area contributed by atoms with Crippen molar-refractivity contribution in [1.82, 2.24) is 10.2 Å². The lowest BCUT2D eigenvalue weighted by atomic mass is 10.2. The van der Waals surface area contributed by atoms with Crippen LogP contribution in [0.2, 0.25) is 0 Å². The molecule has 1 aromatic heterocycles. The van der Waals surface area contributed by atoms with Crippen molar-refractivity contribution in [2.24, 2.45) is 0 Å². The van der Waals surface area contributed by atoms with E-state index in [-0.39, 0.29) is 5.91 Å². The summed E-state index contributed by atoms with van der Waals surface area (Å²) in [6, 6.07) is 7.52. The lowest BCUT2D eigenvalue weighted by molar-refractivity contribution is -0.122. The van der Waals surface area contributed by atoms with Crippen molar-refractivity contribution in [2.45, 2.75) is 19.6 Å². The SMILES string of the molecule is CC1Oc2ccc(NCc3ccn[nH]3)cc2NC1=O. The zero-order valence-electron chi connectivity index (χ0n) is 10.4. The van der Waals surface area contributed by atoms with E-state index in [1.165, 1.54) is 0 Å². The second-order valence-electron chi connectivity index (χ2n) is 4.40. The zero-order chi connectivity index (χ0) is 13.2. The summed E-state index contributed by atoms with van der Waals surface area (Å²) < 4.78 is 5.49. The number of carbonyl (C=O) groups is 1. The summed E-state index contributed by atoms with van der Waals surface area (Å²) in [5, 5.41) is 12.8. The molecule has 0 radical (unpaired) electrons. The Morgan fingerprint density at radius 2 is 2.32 bits per heavy atom. The van der Waals surface area contributed by atoms with Gasteiger partial charge in [0.1, 0.15) is 5.75 Å². The summed E-state index contributed by atoms with van der Waals surface area (Å²) in [7, 11) is 0. The molecule has 0 fully saturated rings. The molecule has 2 aromatic rings. The maximum atomic E-state index is 11.5. The average molecular weight is 258 g/mol. The molecule has 1 aromatic carbocycles. The second-order valence-corrected chi connectivity index (χ2v) is 4.40. The van der Waals surface area contributed by atoms with Gasteiger partial charge < -0.3 is 15.4 Å². The van der Waals surface area contributed by atoms with E-state index in [1.807, 2.05) is 24.3 Å². The molecule has 3 rings (SSSR count). The highest BCUT2D eigenvalue weighted by atomic mass is 16.5. The molecule has 0 aliphatic carbocycles. The van der Waals surface area contributed by atoms with Crippen LogP contribution < -0.4 is 15.4 Å². The summed E-state index contributed by atoms with van der Waals surface area (Å²) in [5.41, 5.74) is 2.59. The molecule has 1 unspecified atom stereocenters.